The molecule has 7 heteroatoms. The predicted molar refractivity (Wildman–Crippen MR) is 93.9 cm³/mol. The molecule has 1 unspecified atom stereocenters. The van der Waals surface area contributed by atoms with Gasteiger partial charge in [0, 0.05) is 0 Å². The lowest BCUT2D eigenvalue weighted by Gasteiger charge is -2.25. The normalized spacial score (nSPS) is 16.0. The molecule has 2 N–H and O–H groups in total. The predicted octanol–water partition coefficient (Wildman–Crippen LogP) is 4.03. The SMILES string of the molecule is Cc1ccc2c(c1)NC(=O)C(CC(=O)Nc1cccc(Cl)c1Cl)O2. The number of benzene rings is 2. The maximum Gasteiger partial charge on any atom is 0.266 e. The molecule has 0 saturated heterocycles. The molecule has 0 radical (unpaired) electrons. The van der Waals surface area contributed by atoms with E-state index in [2.05, 4.69) is 10.6 Å². The lowest BCUT2D eigenvalue weighted by molar-refractivity contribution is -0.128. The standard InChI is InChI=1S/C17H14Cl2N2O3/c1-9-5-6-13-12(7-9)21-17(23)14(24-13)8-15(22)20-11-4-2-3-10(18)16(11)19/h2-7,14H,8H2,1H3,(H,20,22)(H,21,23). The van der Waals surface area contributed by atoms with Crippen molar-refractivity contribution in [1.29, 1.82) is 0 Å². The fourth-order valence-electron chi connectivity index (χ4n) is 2.37. The van der Waals surface area contributed by atoms with E-state index >= 15 is 0 Å². The van der Waals surface area contributed by atoms with Crippen LogP contribution in [0.5, 0.6) is 5.75 Å². The first-order valence-electron chi connectivity index (χ1n) is 7.26. The van der Waals surface area contributed by atoms with Crippen LogP contribution in [-0.4, -0.2) is 17.9 Å². The van der Waals surface area contributed by atoms with Gasteiger partial charge in [-0.05, 0) is 36.8 Å². The number of amides is 2. The van der Waals surface area contributed by atoms with Crippen molar-refractivity contribution in [3.8, 4) is 5.75 Å². The number of carbonyl (C=O) groups excluding carboxylic acids is 2. The van der Waals surface area contributed by atoms with Gasteiger partial charge in [-0.3, -0.25) is 9.59 Å². The summed E-state index contributed by atoms with van der Waals surface area (Å²) in [5.74, 6) is -0.214. The number of nitrogens with one attached hydrogen (secondary N) is 2. The number of halogens is 2. The summed E-state index contributed by atoms with van der Waals surface area (Å²) in [6.45, 7) is 1.92. The van der Waals surface area contributed by atoms with E-state index in [9.17, 15) is 9.59 Å². The molecule has 0 spiro atoms. The number of anilines is 2. The van der Waals surface area contributed by atoms with Gasteiger partial charge in [0.15, 0.2) is 6.10 Å². The van der Waals surface area contributed by atoms with Crippen LogP contribution in [0, 0.1) is 6.92 Å². The summed E-state index contributed by atoms with van der Waals surface area (Å²) in [5.41, 5.74) is 2.00. The van der Waals surface area contributed by atoms with Crippen LogP contribution in [0.15, 0.2) is 36.4 Å². The van der Waals surface area contributed by atoms with Crippen molar-refractivity contribution in [2.24, 2.45) is 0 Å². The highest BCUT2D eigenvalue weighted by Gasteiger charge is 2.30. The summed E-state index contributed by atoms with van der Waals surface area (Å²) in [6.07, 6.45) is -1.04. The molecule has 24 heavy (non-hydrogen) atoms. The molecule has 2 aromatic carbocycles. The number of hydrogen-bond acceptors (Lipinski definition) is 3. The Kier molecular flexibility index (Phi) is 4.64. The summed E-state index contributed by atoms with van der Waals surface area (Å²) in [4.78, 5) is 24.3. The number of carbonyl (C=O) groups is 2. The zero-order chi connectivity index (χ0) is 17.3. The summed E-state index contributed by atoms with van der Waals surface area (Å²) >= 11 is 11.9. The Bertz CT molecular complexity index is 823. The van der Waals surface area contributed by atoms with E-state index in [1.807, 2.05) is 19.1 Å². The zero-order valence-corrected chi connectivity index (χ0v) is 14.2. The molecule has 1 atom stereocenters. The Morgan fingerprint density at radius 1 is 1.29 bits per heavy atom. The minimum Gasteiger partial charge on any atom is -0.478 e. The third-order valence-corrected chi connectivity index (χ3v) is 4.37. The molecule has 1 heterocycles. The number of ether oxygens (including phenoxy) is 1. The first kappa shape index (κ1) is 16.6. The number of hydrogen-bond donors (Lipinski definition) is 2. The van der Waals surface area contributed by atoms with E-state index in [0.717, 1.165) is 5.56 Å². The van der Waals surface area contributed by atoms with E-state index in [1.54, 1.807) is 24.3 Å². The van der Waals surface area contributed by atoms with Crippen molar-refractivity contribution in [3.05, 3.63) is 52.0 Å². The molecule has 124 valence electrons. The Balaban J connectivity index is 1.69. The van der Waals surface area contributed by atoms with E-state index in [4.69, 9.17) is 27.9 Å². The summed E-state index contributed by atoms with van der Waals surface area (Å²) < 4.78 is 5.63. The second-order valence-electron chi connectivity index (χ2n) is 5.45. The van der Waals surface area contributed by atoms with Crippen LogP contribution < -0.4 is 15.4 Å². The van der Waals surface area contributed by atoms with Crippen LogP contribution in [0.3, 0.4) is 0 Å². The molecular weight excluding hydrogens is 351 g/mol. The summed E-state index contributed by atoms with van der Waals surface area (Å²) in [7, 11) is 0. The molecule has 0 saturated carbocycles. The van der Waals surface area contributed by atoms with Crippen molar-refractivity contribution in [2.75, 3.05) is 10.6 Å². The second-order valence-corrected chi connectivity index (χ2v) is 6.23. The molecule has 0 fully saturated rings. The highest BCUT2D eigenvalue weighted by Crippen LogP contribution is 2.32. The van der Waals surface area contributed by atoms with E-state index < -0.39 is 12.0 Å². The van der Waals surface area contributed by atoms with Crippen molar-refractivity contribution in [2.45, 2.75) is 19.4 Å². The maximum absolute atomic E-state index is 12.2. The van der Waals surface area contributed by atoms with Crippen molar-refractivity contribution in [3.63, 3.8) is 0 Å². The lowest BCUT2D eigenvalue weighted by Crippen LogP contribution is -2.39. The van der Waals surface area contributed by atoms with Gasteiger partial charge in [-0.25, -0.2) is 0 Å². The summed E-state index contributed by atoms with van der Waals surface area (Å²) in [5, 5.41) is 5.98. The minimum absolute atomic E-state index is 0.137. The van der Waals surface area contributed by atoms with E-state index in [0.29, 0.717) is 22.1 Å². The molecule has 5 nitrogen and oxygen atoms in total. The molecule has 0 aliphatic carbocycles. The third-order valence-electron chi connectivity index (χ3n) is 3.55. The second kappa shape index (κ2) is 6.71. The molecule has 1 aliphatic rings. The van der Waals surface area contributed by atoms with E-state index in [-0.39, 0.29) is 17.4 Å². The van der Waals surface area contributed by atoms with Gasteiger partial charge >= 0.3 is 0 Å². The largest absolute Gasteiger partial charge is 0.478 e. The molecule has 3 rings (SSSR count). The number of aryl methyl sites for hydroxylation is 1. The van der Waals surface area contributed by atoms with Gasteiger partial charge in [0.25, 0.3) is 5.91 Å². The minimum atomic E-state index is -0.904. The van der Waals surface area contributed by atoms with Gasteiger partial charge in [0.1, 0.15) is 5.75 Å². The van der Waals surface area contributed by atoms with Crippen LogP contribution in [0.25, 0.3) is 0 Å². The Morgan fingerprint density at radius 2 is 2.08 bits per heavy atom. The fraction of sp³-hybridized carbons (Fsp3) is 0.176. The Hall–Kier alpha value is -2.24. The monoisotopic (exact) mass is 364 g/mol. The van der Waals surface area contributed by atoms with Gasteiger partial charge < -0.3 is 15.4 Å². The quantitative estimate of drug-likeness (QED) is 0.863. The third kappa shape index (κ3) is 3.47. The average molecular weight is 365 g/mol. The first-order valence-corrected chi connectivity index (χ1v) is 8.01. The van der Waals surface area contributed by atoms with Crippen LogP contribution in [0.2, 0.25) is 10.0 Å². The van der Waals surface area contributed by atoms with Gasteiger partial charge in [0.05, 0.1) is 27.8 Å². The van der Waals surface area contributed by atoms with Crippen molar-refractivity contribution < 1.29 is 14.3 Å². The van der Waals surface area contributed by atoms with E-state index in [1.165, 1.54) is 0 Å². The smallest absolute Gasteiger partial charge is 0.266 e. The summed E-state index contributed by atoms with van der Waals surface area (Å²) in [6, 6.07) is 10.4. The van der Waals surface area contributed by atoms with Crippen molar-refractivity contribution >= 4 is 46.4 Å². The van der Waals surface area contributed by atoms with Gasteiger partial charge in [-0.2, -0.15) is 0 Å². The fourth-order valence-corrected chi connectivity index (χ4v) is 2.72. The molecule has 2 aromatic rings. The van der Waals surface area contributed by atoms with Gasteiger partial charge in [-0.1, -0.05) is 35.3 Å². The van der Waals surface area contributed by atoms with Crippen molar-refractivity contribution in [1.82, 2.24) is 0 Å². The Labute approximate surface area is 148 Å². The topological polar surface area (TPSA) is 67.4 Å². The molecule has 0 aromatic heterocycles. The lowest BCUT2D eigenvalue weighted by atomic mass is 10.1. The van der Waals surface area contributed by atoms with Gasteiger partial charge in [0.2, 0.25) is 5.91 Å². The first-order chi connectivity index (χ1) is 11.4. The maximum atomic E-state index is 12.2. The molecule has 2 amide bonds. The molecular formula is C17H14Cl2N2O3. The van der Waals surface area contributed by atoms with Crippen LogP contribution in [0.1, 0.15) is 12.0 Å². The molecule has 1 aliphatic heterocycles. The Morgan fingerprint density at radius 3 is 2.88 bits per heavy atom. The number of rotatable bonds is 3. The van der Waals surface area contributed by atoms with Crippen LogP contribution >= 0.6 is 23.2 Å². The highest BCUT2D eigenvalue weighted by molar-refractivity contribution is 6.44. The number of fused-ring (bicyclic) bond motifs is 1. The van der Waals surface area contributed by atoms with Crippen LogP contribution in [-0.2, 0) is 9.59 Å². The van der Waals surface area contributed by atoms with Gasteiger partial charge in [-0.15, -0.1) is 0 Å². The zero-order valence-electron chi connectivity index (χ0n) is 12.7. The molecule has 0 bridgehead atoms. The van der Waals surface area contributed by atoms with Crippen LogP contribution in [0.4, 0.5) is 11.4 Å². The average Bonchev–Trinajstić information content (AvgIpc) is 2.53. The highest BCUT2D eigenvalue weighted by atomic mass is 35.5.